The Balaban J connectivity index is 2.14. The first-order valence-corrected chi connectivity index (χ1v) is 6.30. The first-order valence-electron chi connectivity index (χ1n) is 5.42. The molecule has 18 heavy (non-hydrogen) atoms. The lowest BCUT2D eigenvalue weighted by molar-refractivity contribution is 0.0660. The molecule has 0 spiro atoms. The fourth-order valence-corrected chi connectivity index (χ4v) is 2.51. The summed E-state index contributed by atoms with van der Waals surface area (Å²) in [5, 5.41) is 8.80. The SMILES string of the molecule is CC(Sc1ccccc1N)c1ccc(C(=O)O)o1. The number of carboxylic acid groups (broad SMARTS) is 1. The van der Waals surface area contributed by atoms with Gasteiger partial charge in [0.15, 0.2) is 0 Å². The molecule has 2 aromatic rings. The van der Waals surface area contributed by atoms with Crippen molar-refractivity contribution in [3.63, 3.8) is 0 Å². The van der Waals surface area contributed by atoms with Crippen LogP contribution in [0.1, 0.15) is 28.5 Å². The van der Waals surface area contributed by atoms with Gasteiger partial charge >= 0.3 is 5.97 Å². The fourth-order valence-electron chi connectivity index (χ4n) is 1.52. The van der Waals surface area contributed by atoms with E-state index in [9.17, 15) is 4.79 Å². The Morgan fingerprint density at radius 1 is 1.33 bits per heavy atom. The maximum absolute atomic E-state index is 10.7. The summed E-state index contributed by atoms with van der Waals surface area (Å²) in [6.45, 7) is 1.95. The predicted octanol–water partition coefficient (Wildman–Crippen LogP) is 3.41. The summed E-state index contributed by atoms with van der Waals surface area (Å²) in [6, 6.07) is 10.7. The molecule has 1 atom stereocenters. The average Bonchev–Trinajstić information content (AvgIpc) is 2.81. The van der Waals surface area contributed by atoms with E-state index in [0.29, 0.717) is 11.4 Å². The lowest BCUT2D eigenvalue weighted by Gasteiger charge is -2.10. The van der Waals surface area contributed by atoms with E-state index in [1.54, 1.807) is 6.07 Å². The number of rotatable bonds is 4. The maximum Gasteiger partial charge on any atom is 0.371 e. The largest absolute Gasteiger partial charge is 0.475 e. The number of hydrogen-bond acceptors (Lipinski definition) is 4. The van der Waals surface area contributed by atoms with E-state index in [1.165, 1.54) is 17.8 Å². The highest BCUT2D eigenvalue weighted by atomic mass is 32.2. The number of carbonyl (C=O) groups is 1. The molecule has 1 heterocycles. The molecule has 0 aliphatic rings. The number of furan rings is 1. The second-order valence-electron chi connectivity index (χ2n) is 3.81. The Hall–Kier alpha value is -1.88. The molecule has 0 bridgehead atoms. The number of aromatic carboxylic acids is 1. The molecule has 0 aliphatic heterocycles. The number of nitrogens with two attached hydrogens (primary N) is 1. The molecular formula is C13H13NO3S. The highest BCUT2D eigenvalue weighted by Crippen LogP contribution is 2.38. The standard InChI is InChI=1S/C13H13NO3S/c1-8(10-6-7-11(17-10)13(15)16)18-12-5-3-2-4-9(12)14/h2-8H,14H2,1H3,(H,15,16). The lowest BCUT2D eigenvalue weighted by Crippen LogP contribution is -1.93. The van der Waals surface area contributed by atoms with Gasteiger partial charge in [0.2, 0.25) is 5.76 Å². The van der Waals surface area contributed by atoms with Gasteiger partial charge in [-0.3, -0.25) is 0 Å². The lowest BCUT2D eigenvalue weighted by atomic mass is 10.3. The van der Waals surface area contributed by atoms with Crippen LogP contribution < -0.4 is 5.73 Å². The Morgan fingerprint density at radius 2 is 2.06 bits per heavy atom. The predicted molar refractivity (Wildman–Crippen MR) is 70.8 cm³/mol. The normalized spacial score (nSPS) is 12.3. The van der Waals surface area contributed by atoms with Crippen molar-refractivity contribution in [3.05, 3.63) is 47.9 Å². The number of anilines is 1. The molecule has 0 aliphatic carbocycles. The van der Waals surface area contributed by atoms with Crippen LogP contribution in [0, 0.1) is 0 Å². The van der Waals surface area contributed by atoms with Gasteiger partial charge in [-0.15, -0.1) is 11.8 Å². The van der Waals surface area contributed by atoms with Gasteiger partial charge in [0.1, 0.15) is 5.76 Å². The Labute approximate surface area is 109 Å². The summed E-state index contributed by atoms with van der Waals surface area (Å²) in [6.07, 6.45) is 0. The summed E-state index contributed by atoms with van der Waals surface area (Å²) in [5.41, 5.74) is 6.56. The third kappa shape index (κ3) is 2.68. The van der Waals surface area contributed by atoms with Gasteiger partial charge in [0, 0.05) is 10.6 Å². The van der Waals surface area contributed by atoms with E-state index in [4.69, 9.17) is 15.3 Å². The van der Waals surface area contributed by atoms with E-state index < -0.39 is 5.97 Å². The molecule has 3 N–H and O–H groups in total. The van der Waals surface area contributed by atoms with E-state index in [-0.39, 0.29) is 11.0 Å². The van der Waals surface area contributed by atoms with Gasteiger partial charge in [-0.2, -0.15) is 0 Å². The van der Waals surface area contributed by atoms with E-state index >= 15 is 0 Å². The second kappa shape index (κ2) is 5.18. The minimum absolute atomic E-state index is 0.00259. The molecule has 1 unspecified atom stereocenters. The van der Waals surface area contributed by atoms with Crippen molar-refractivity contribution < 1.29 is 14.3 Å². The molecule has 0 amide bonds. The Morgan fingerprint density at radius 3 is 2.67 bits per heavy atom. The number of nitrogen functional groups attached to an aromatic ring is 1. The van der Waals surface area contributed by atoms with Gasteiger partial charge in [0.05, 0.1) is 5.25 Å². The van der Waals surface area contributed by atoms with Crippen LogP contribution in [0.5, 0.6) is 0 Å². The van der Waals surface area contributed by atoms with Crippen molar-refractivity contribution in [3.8, 4) is 0 Å². The molecular weight excluding hydrogens is 250 g/mol. The summed E-state index contributed by atoms with van der Waals surface area (Å²) in [7, 11) is 0. The molecule has 5 heteroatoms. The summed E-state index contributed by atoms with van der Waals surface area (Å²) in [4.78, 5) is 11.7. The average molecular weight is 263 g/mol. The van der Waals surface area contributed by atoms with Crippen molar-refractivity contribution in [1.29, 1.82) is 0 Å². The van der Waals surface area contributed by atoms with Gasteiger partial charge in [-0.05, 0) is 31.2 Å². The van der Waals surface area contributed by atoms with E-state index in [1.807, 2.05) is 31.2 Å². The summed E-state index contributed by atoms with van der Waals surface area (Å²) in [5.74, 6) is -0.475. The number of hydrogen-bond donors (Lipinski definition) is 2. The molecule has 0 radical (unpaired) electrons. The highest BCUT2D eigenvalue weighted by molar-refractivity contribution is 7.99. The quantitative estimate of drug-likeness (QED) is 0.653. The van der Waals surface area contributed by atoms with Gasteiger partial charge in [0.25, 0.3) is 0 Å². The van der Waals surface area contributed by atoms with Crippen molar-refractivity contribution in [1.82, 2.24) is 0 Å². The second-order valence-corrected chi connectivity index (χ2v) is 5.19. The zero-order chi connectivity index (χ0) is 13.1. The van der Waals surface area contributed by atoms with Crippen LogP contribution in [-0.2, 0) is 0 Å². The minimum atomic E-state index is -1.06. The summed E-state index contributed by atoms with van der Waals surface area (Å²) >= 11 is 1.54. The third-order valence-electron chi connectivity index (χ3n) is 2.46. The van der Waals surface area contributed by atoms with Crippen molar-refractivity contribution >= 4 is 23.4 Å². The third-order valence-corrected chi connectivity index (χ3v) is 3.67. The minimum Gasteiger partial charge on any atom is -0.475 e. The first kappa shape index (κ1) is 12.6. The van der Waals surface area contributed by atoms with Crippen LogP contribution in [0.2, 0.25) is 0 Å². The molecule has 1 aromatic carbocycles. The van der Waals surface area contributed by atoms with E-state index in [0.717, 1.165) is 4.90 Å². The van der Waals surface area contributed by atoms with Gasteiger partial charge in [-0.1, -0.05) is 12.1 Å². The molecule has 4 nitrogen and oxygen atoms in total. The van der Waals surface area contributed by atoms with Crippen LogP contribution in [0.4, 0.5) is 5.69 Å². The Kier molecular flexibility index (Phi) is 3.62. The number of thioether (sulfide) groups is 1. The van der Waals surface area contributed by atoms with Crippen LogP contribution in [-0.4, -0.2) is 11.1 Å². The van der Waals surface area contributed by atoms with Crippen LogP contribution in [0.25, 0.3) is 0 Å². The zero-order valence-electron chi connectivity index (χ0n) is 9.79. The maximum atomic E-state index is 10.7. The summed E-state index contributed by atoms with van der Waals surface area (Å²) < 4.78 is 5.26. The van der Waals surface area contributed by atoms with Crippen molar-refractivity contribution in [2.75, 3.05) is 5.73 Å². The monoisotopic (exact) mass is 263 g/mol. The number of benzene rings is 1. The van der Waals surface area contributed by atoms with E-state index in [2.05, 4.69) is 0 Å². The molecule has 0 saturated heterocycles. The first-order chi connectivity index (χ1) is 8.58. The molecule has 0 fully saturated rings. The van der Waals surface area contributed by atoms with Crippen molar-refractivity contribution in [2.24, 2.45) is 0 Å². The highest BCUT2D eigenvalue weighted by Gasteiger charge is 2.15. The Bertz CT molecular complexity index is 565. The molecule has 2 rings (SSSR count). The number of para-hydroxylation sites is 1. The molecule has 1 aromatic heterocycles. The number of carboxylic acids is 1. The molecule has 0 saturated carbocycles. The van der Waals surface area contributed by atoms with Crippen molar-refractivity contribution in [2.45, 2.75) is 17.1 Å². The zero-order valence-corrected chi connectivity index (χ0v) is 10.6. The van der Waals surface area contributed by atoms with Gasteiger partial charge < -0.3 is 15.3 Å². The smallest absolute Gasteiger partial charge is 0.371 e. The van der Waals surface area contributed by atoms with Crippen LogP contribution >= 0.6 is 11.8 Å². The van der Waals surface area contributed by atoms with Crippen LogP contribution in [0.15, 0.2) is 45.7 Å². The fraction of sp³-hybridized carbons (Fsp3) is 0.154. The van der Waals surface area contributed by atoms with Gasteiger partial charge in [-0.25, -0.2) is 4.79 Å². The van der Waals surface area contributed by atoms with Crippen LogP contribution in [0.3, 0.4) is 0 Å². The molecule has 94 valence electrons. The topological polar surface area (TPSA) is 76.5 Å².